The summed E-state index contributed by atoms with van der Waals surface area (Å²) >= 11 is 0. The number of ether oxygens (including phenoxy) is 1. The van der Waals surface area contributed by atoms with E-state index >= 15 is 0 Å². The minimum atomic E-state index is -0.941. The van der Waals surface area contributed by atoms with Crippen LogP contribution in [-0.2, 0) is 17.9 Å². The van der Waals surface area contributed by atoms with Gasteiger partial charge in [0.05, 0.1) is 6.04 Å². The highest BCUT2D eigenvalue weighted by Gasteiger charge is 2.37. The lowest BCUT2D eigenvalue weighted by atomic mass is 10.0. The number of benzene rings is 1. The molecule has 1 saturated heterocycles. The Morgan fingerprint density at radius 2 is 1.94 bits per heavy atom. The summed E-state index contributed by atoms with van der Waals surface area (Å²) in [5, 5.41) is 0. The van der Waals surface area contributed by atoms with Crippen molar-refractivity contribution in [2.75, 3.05) is 24.5 Å². The van der Waals surface area contributed by atoms with E-state index in [4.69, 9.17) is 10.5 Å². The third-order valence-corrected chi connectivity index (χ3v) is 5.60. The molecule has 1 aromatic carbocycles. The third-order valence-electron chi connectivity index (χ3n) is 5.60. The number of pyridine rings is 1. The lowest BCUT2D eigenvalue weighted by Gasteiger charge is -2.39. The molecule has 2 aromatic rings. The molecule has 1 atom stereocenters. The molecule has 2 N–H and O–H groups in total. The molecule has 0 radical (unpaired) electrons. The van der Waals surface area contributed by atoms with Crippen LogP contribution < -0.4 is 20.9 Å². The maximum atomic E-state index is 13.4. The van der Waals surface area contributed by atoms with Gasteiger partial charge in [0.25, 0.3) is 5.56 Å². The number of carbonyl (C=O) groups is 1. The highest BCUT2D eigenvalue weighted by Crippen LogP contribution is 2.30. The Hall–Kier alpha value is -2.94. The highest BCUT2D eigenvalue weighted by molar-refractivity contribution is 5.77. The average molecular weight is 432 g/mol. The first-order valence-corrected chi connectivity index (χ1v) is 10.3. The van der Waals surface area contributed by atoms with Crippen LogP contribution in [0.15, 0.2) is 35.1 Å². The first-order chi connectivity index (χ1) is 14.6. The lowest BCUT2D eigenvalue weighted by molar-refractivity contribution is -0.133. The van der Waals surface area contributed by atoms with Gasteiger partial charge in [-0.15, -0.1) is 0 Å². The van der Waals surface area contributed by atoms with Crippen LogP contribution in [0.1, 0.15) is 25.8 Å². The zero-order valence-corrected chi connectivity index (χ0v) is 17.6. The van der Waals surface area contributed by atoms with Gasteiger partial charge in [-0.25, -0.2) is 8.78 Å². The molecule has 0 aliphatic carbocycles. The second-order valence-electron chi connectivity index (χ2n) is 8.89. The van der Waals surface area contributed by atoms with E-state index in [1.165, 1.54) is 12.1 Å². The van der Waals surface area contributed by atoms with E-state index < -0.39 is 17.2 Å². The Morgan fingerprint density at radius 3 is 2.65 bits per heavy atom. The van der Waals surface area contributed by atoms with Crippen molar-refractivity contribution in [2.24, 2.45) is 5.73 Å². The van der Waals surface area contributed by atoms with Crippen LogP contribution in [-0.4, -0.2) is 46.6 Å². The molecule has 0 bridgehead atoms. The van der Waals surface area contributed by atoms with Gasteiger partial charge in [0, 0.05) is 50.3 Å². The van der Waals surface area contributed by atoms with Crippen LogP contribution in [0.2, 0.25) is 0 Å². The molecule has 2 aliphatic rings. The van der Waals surface area contributed by atoms with Crippen LogP contribution in [0.4, 0.5) is 14.6 Å². The van der Waals surface area contributed by atoms with Crippen molar-refractivity contribution in [1.29, 1.82) is 0 Å². The molecule has 7 nitrogen and oxygen atoms in total. The number of hydrogen-bond donors (Lipinski definition) is 1. The molecule has 0 saturated carbocycles. The fourth-order valence-corrected chi connectivity index (χ4v) is 4.11. The monoisotopic (exact) mass is 432 g/mol. The molecular formula is C22H26F2N4O3. The molecule has 31 heavy (non-hydrogen) atoms. The average Bonchev–Trinajstić information content (AvgIpc) is 3.06. The second-order valence-corrected chi connectivity index (χ2v) is 8.89. The number of amides is 1. The van der Waals surface area contributed by atoms with Gasteiger partial charge in [-0.2, -0.15) is 0 Å². The van der Waals surface area contributed by atoms with Gasteiger partial charge < -0.3 is 20.3 Å². The molecule has 1 unspecified atom stereocenters. The van der Waals surface area contributed by atoms with Crippen molar-refractivity contribution < 1.29 is 18.3 Å². The molecule has 3 heterocycles. The minimum absolute atomic E-state index is 0.00716. The van der Waals surface area contributed by atoms with E-state index in [0.717, 1.165) is 18.0 Å². The Morgan fingerprint density at radius 1 is 1.16 bits per heavy atom. The molecule has 1 aromatic heterocycles. The Kier molecular flexibility index (Phi) is 5.47. The number of nitrogens with zero attached hydrogens (tertiary/aromatic N) is 3. The predicted octanol–water partition coefficient (Wildman–Crippen LogP) is 1.86. The summed E-state index contributed by atoms with van der Waals surface area (Å²) < 4.78 is 33.8. The van der Waals surface area contributed by atoms with Gasteiger partial charge in [-0.1, -0.05) is 6.07 Å². The number of aromatic nitrogens is 1. The smallest absolute Gasteiger partial charge is 0.255 e. The quantitative estimate of drug-likeness (QED) is 0.780. The predicted molar refractivity (Wildman–Crippen MR) is 112 cm³/mol. The Labute approximate surface area is 179 Å². The fraction of sp³-hybridized carbons (Fsp3) is 0.455. The van der Waals surface area contributed by atoms with Crippen LogP contribution >= 0.6 is 0 Å². The first-order valence-electron chi connectivity index (χ1n) is 10.3. The number of hydrogen-bond acceptors (Lipinski definition) is 5. The van der Waals surface area contributed by atoms with Gasteiger partial charge in [0.15, 0.2) is 11.6 Å². The second kappa shape index (κ2) is 7.96. The topological polar surface area (TPSA) is 80.8 Å². The number of piperazine rings is 1. The number of halogens is 2. The van der Waals surface area contributed by atoms with Crippen LogP contribution in [0.25, 0.3) is 0 Å². The van der Waals surface area contributed by atoms with E-state index in [0.29, 0.717) is 37.5 Å². The maximum Gasteiger partial charge on any atom is 0.255 e. The van der Waals surface area contributed by atoms with Crippen molar-refractivity contribution in [3.8, 4) is 5.75 Å². The van der Waals surface area contributed by atoms with E-state index in [9.17, 15) is 18.4 Å². The zero-order chi connectivity index (χ0) is 22.3. The van der Waals surface area contributed by atoms with Gasteiger partial charge >= 0.3 is 0 Å². The Bertz CT molecular complexity index is 1060. The fourth-order valence-electron chi connectivity index (χ4n) is 4.11. The highest BCUT2D eigenvalue weighted by atomic mass is 19.2. The molecule has 9 heteroatoms. The SMILES string of the molecule is CC(C)(N)CC(=O)N1CCN2c3cc(OCc4ccc(F)c(F)c4)cc(=O)n3CC2C1. The van der Waals surface area contributed by atoms with Crippen LogP contribution in [0, 0.1) is 11.6 Å². The molecule has 4 rings (SSSR count). The third kappa shape index (κ3) is 4.56. The van der Waals surface area contributed by atoms with Crippen molar-refractivity contribution in [3.63, 3.8) is 0 Å². The standard InChI is InChI=1S/C22H26F2N4O3/c1-22(2,25)10-21(30)26-5-6-27-15(11-26)12-28-19(27)8-16(9-20(28)29)31-13-14-3-4-17(23)18(24)7-14/h3-4,7-9,15H,5-6,10-13,25H2,1-2H3. The molecule has 166 valence electrons. The summed E-state index contributed by atoms with van der Waals surface area (Å²) in [5.41, 5.74) is 5.68. The van der Waals surface area contributed by atoms with E-state index in [1.807, 2.05) is 18.7 Å². The summed E-state index contributed by atoms with van der Waals surface area (Å²) in [4.78, 5) is 29.1. The van der Waals surface area contributed by atoms with Crippen molar-refractivity contribution in [3.05, 3.63) is 57.9 Å². The Balaban J connectivity index is 1.46. The van der Waals surface area contributed by atoms with Crippen molar-refractivity contribution in [1.82, 2.24) is 9.47 Å². The number of nitrogens with two attached hydrogens (primary N) is 1. The maximum absolute atomic E-state index is 13.4. The molecule has 1 amide bonds. The van der Waals surface area contributed by atoms with Crippen LogP contribution in [0.3, 0.4) is 0 Å². The van der Waals surface area contributed by atoms with E-state index in [1.54, 1.807) is 10.6 Å². The number of anilines is 1. The number of carbonyl (C=O) groups excluding carboxylic acids is 1. The van der Waals surface area contributed by atoms with Crippen molar-refractivity contribution >= 4 is 11.7 Å². The summed E-state index contributed by atoms with van der Waals surface area (Å²) in [5.74, 6) is -0.735. The molecule has 2 aliphatic heterocycles. The molecule has 0 spiro atoms. The van der Waals surface area contributed by atoms with Crippen molar-refractivity contribution in [2.45, 2.75) is 45.0 Å². The minimum Gasteiger partial charge on any atom is -0.489 e. The first kappa shape index (κ1) is 21.3. The summed E-state index contributed by atoms with van der Waals surface area (Å²) in [6.07, 6.45) is 0.272. The molecular weight excluding hydrogens is 406 g/mol. The van der Waals surface area contributed by atoms with Crippen LogP contribution in [0.5, 0.6) is 5.75 Å². The van der Waals surface area contributed by atoms with E-state index in [-0.39, 0.29) is 30.5 Å². The summed E-state index contributed by atoms with van der Waals surface area (Å²) in [6.45, 7) is 5.85. The summed E-state index contributed by atoms with van der Waals surface area (Å²) in [7, 11) is 0. The van der Waals surface area contributed by atoms with Gasteiger partial charge in [-0.3, -0.25) is 14.2 Å². The lowest BCUT2D eigenvalue weighted by Crippen LogP contribution is -2.55. The number of rotatable bonds is 5. The van der Waals surface area contributed by atoms with Gasteiger partial charge in [-0.05, 0) is 31.5 Å². The van der Waals surface area contributed by atoms with Gasteiger partial charge in [0.2, 0.25) is 5.91 Å². The number of fused-ring (bicyclic) bond motifs is 3. The molecule has 1 fully saturated rings. The zero-order valence-electron chi connectivity index (χ0n) is 17.6. The largest absolute Gasteiger partial charge is 0.489 e. The summed E-state index contributed by atoms with van der Waals surface area (Å²) in [6, 6.07) is 6.73. The van der Waals surface area contributed by atoms with Gasteiger partial charge in [0.1, 0.15) is 18.2 Å². The normalized spacial score (nSPS) is 18.0. The van der Waals surface area contributed by atoms with E-state index in [2.05, 4.69) is 4.90 Å².